The molecule has 0 aliphatic heterocycles. The maximum Gasteiger partial charge on any atom is -0.00494 e. The van der Waals surface area contributed by atoms with E-state index in [-0.39, 0.29) is 0 Å². The Morgan fingerprint density at radius 3 is 2.20 bits per heavy atom. The van der Waals surface area contributed by atoms with E-state index in [1.165, 1.54) is 12.8 Å². The van der Waals surface area contributed by atoms with Gasteiger partial charge in [-0.15, -0.1) is 13.2 Å². The van der Waals surface area contributed by atoms with Crippen LogP contribution in [0.15, 0.2) is 13.2 Å². The molecule has 0 fully saturated rings. The third kappa shape index (κ3) is 10.6. The zero-order valence-corrected chi connectivity index (χ0v) is 7.61. The first-order valence-corrected chi connectivity index (χ1v) is 3.95. The Bertz CT molecular complexity index is 52.7. The lowest BCUT2D eigenvalue weighted by Gasteiger charge is -2.05. The van der Waals surface area contributed by atoms with Gasteiger partial charge in [-0.2, -0.15) is 0 Å². The average molecular weight is 143 g/mol. The zero-order chi connectivity index (χ0) is 8.41. The molecule has 0 aromatic rings. The molecule has 62 valence electrons. The highest BCUT2D eigenvalue weighted by Gasteiger charge is 1.94. The maximum absolute atomic E-state index is 3.13. The first-order valence-electron chi connectivity index (χ1n) is 3.95. The number of nitrogens with one attached hydrogen (secondary N) is 1. The lowest BCUT2D eigenvalue weighted by molar-refractivity contribution is 0.503. The van der Waals surface area contributed by atoms with Crippen molar-refractivity contribution in [2.45, 2.75) is 26.7 Å². The summed E-state index contributed by atoms with van der Waals surface area (Å²) in [5.74, 6) is 0.891. The van der Waals surface area contributed by atoms with Gasteiger partial charge in [0.05, 0.1) is 0 Å². The quantitative estimate of drug-likeness (QED) is 0.596. The fourth-order valence-corrected chi connectivity index (χ4v) is 0.595. The van der Waals surface area contributed by atoms with Crippen molar-refractivity contribution in [3.8, 4) is 0 Å². The number of rotatable bonds is 4. The summed E-state index contributed by atoms with van der Waals surface area (Å²) in [4.78, 5) is 0. The van der Waals surface area contributed by atoms with Crippen LogP contribution in [0.3, 0.4) is 0 Å². The molecule has 0 saturated carbocycles. The molecule has 0 heterocycles. The van der Waals surface area contributed by atoms with E-state index in [1.54, 1.807) is 0 Å². The van der Waals surface area contributed by atoms with Crippen molar-refractivity contribution >= 4 is 0 Å². The van der Waals surface area contributed by atoms with Crippen LogP contribution < -0.4 is 5.32 Å². The lowest BCUT2D eigenvalue weighted by Crippen LogP contribution is -2.10. The van der Waals surface area contributed by atoms with Crippen LogP contribution in [0.1, 0.15) is 26.7 Å². The fraction of sp³-hybridized carbons (Fsp3) is 0.778. The Kier molecular flexibility index (Phi) is 14.2. The van der Waals surface area contributed by atoms with E-state index in [9.17, 15) is 0 Å². The normalized spacial score (nSPS) is 11.5. The molecule has 1 unspecified atom stereocenters. The lowest BCUT2D eigenvalue weighted by atomic mass is 10.1. The second kappa shape index (κ2) is 11.5. The summed E-state index contributed by atoms with van der Waals surface area (Å²) < 4.78 is 0. The number of hydrogen-bond donors (Lipinski definition) is 1. The van der Waals surface area contributed by atoms with Crippen LogP contribution in [0, 0.1) is 5.92 Å². The molecular weight excluding hydrogens is 122 g/mol. The van der Waals surface area contributed by atoms with Crippen LogP contribution in [-0.4, -0.2) is 13.6 Å². The van der Waals surface area contributed by atoms with Crippen molar-refractivity contribution < 1.29 is 0 Å². The second-order valence-corrected chi connectivity index (χ2v) is 2.41. The molecule has 1 atom stereocenters. The molecule has 1 N–H and O–H groups in total. The molecule has 0 saturated heterocycles. The van der Waals surface area contributed by atoms with Crippen LogP contribution in [0.2, 0.25) is 0 Å². The Hall–Kier alpha value is -0.300. The average Bonchev–Trinajstić information content (AvgIpc) is 2.04. The van der Waals surface area contributed by atoms with Crippen molar-refractivity contribution in [2.75, 3.05) is 13.6 Å². The summed E-state index contributed by atoms with van der Waals surface area (Å²) in [7, 11) is 2.00. The standard InChI is InChI=1S/C7H17N.C2H4/c1-4-7(2)5-6-8-3;1-2/h7-8H,4-6H2,1-3H3;1-2H2. The summed E-state index contributed by atoms with van der Waals surface area (Å²) >= 11 is 0. The first-order chi connectivity index (χ1) is 4.81. The molecule has 0 bridgehead atoms. The summed E-state index contributed by atoms with van der Waals surface area (Å²) in [6.45, 7) is 11.7. The Balaban J connectivity index is 0. The largest absolute Gasteiger partial charge is 0.320 e. The minimum Gasteiger partial charge on any atom is -0.320 e. The fourth-order valence-electron chi connectivity index (χ4n) is 0.595. The van der Waals surface area contributed by atoms with Gasteiger partial charge in [0.25, 0.3) is 0 Å². The Morgan fingerprint density at radius 2 is 1.90 bits per heavy atom. The molecule has 0 aliphatic rings. The van der Waals surface area contributed by atoms with Crippen LogP contribution in [0.4, 0.5) is 0 Å². The first kappa shape index (κ1) is 12.4. The van der Waals surface area contributed by atoms with Crippen molar-refractivity contribution in [1.82, 2.24) is 5.32 Å². The minimum absolute atomic E-state index is 0.891. The van der Waals surface area contributed by atoms with E-state index in [2.05, 4.69) is 32.3 Å². The van der Waals surface area contributed by atoms with Gasteiger partial charge >= 0.3 is 0 Å². The predicted molar refractivity (Wildman–Crippen MR) is 49.3 cm³/mol. The molecular formula is C9H21N. The number of hydrogen-bond acceptors (Lipinski definition) is 1. The highest BCUT2D eigenvalue weighted by atomic mass is 14.8. The molecule has 1 heteroatoms. The molecule has 0 rings (SSSR count). The molecule has 0 radical (unpaired) electrons. The van der Waals surface area contributed by atoms with Gasteiger partial charge in [-0.3, -0.25) is 0 Å². The maximum atomic E-state index is 3.13. The molecule has 0 amide bonds. The van der Waals surface area contributed by atoms with E-state index in [1.807, 2.05) is 7.05 Å². The van der Waals surface area contributed by atoms with Crippen molar-refractivity contribution in [3.63, 3.8) is 0 Å². The summed E-state index contributed by atoms with van der Waals surface area (Å²) in [5, 5.41) is 3.13. The predicted octanol–water partition coefficient (Wildman–Crippen LogP) is 2.44. The smallest absolute Gasteiger partial charge is 0.00494 e. The highest BCUT2D eigenvalue weighted by molar-refractivity contribution is 4.50. The topological polar surface area (TPSA) is 12.0 Å². The molecule has 0 aliphatic carbocycles. The van der Waals surface area contributed by atoms with E-state index < -0.39 is 0 Å². The third-order valence-corrected chi connectivity index (χ3v) is 1.58. The van der Waals surface area contributed by atoms with E-state index in [0.717, 1.165) is 12.5 Å². The Labute approximate surface area is 65.5 Å². The van der Waals surface area contributed by atoms with Gasteiger partial charge in [0, 0.05) is 0 Å². The van der Waals surface area contributed by atoms with Gasteiger partial charge in [-0.1, -0.05) is 20.3 Å². The summed E-state index contributed by atoms with van der Waals surface area (Å²) in [6.07, 6.45) is 2.62. The molecule has 0 aromatic carbocycles. The molecule has 0 aromatic heterocycles. The molecule has 1 nitrogen and oxygen atoms in total. The zero-order valence-electron chi connectivity index (χ0n) is 7.61. The molecule has 10 heavy (non-hydrogen) atoms. The van der Waals surface area contributed by atoms with Crippen LogP contribution in [-0.2, 0) is 0 Å². The SMILES string of the molecule is C=C.CCC(C)CCNC. The van der Waals surface area contributed by atoms with Crippen molar-refractivity contribution in [1.29, 1.82) is 0 Å². The third-order valence-electron chi connectivity index (χ3n) is 1.58. The highest BCUT2D eigenvalue weighted by Crippen LogP contribution is 2.03. The minimum atomic E-state index is 0.891. The van der Waals surface area contributed by atoms with Gasteiger partial charge in [-0.05, 0) is 25.9 Å². The van der Waals surface area contributed by atoms with Crippen LogP contribution in [0.25, 0.3) is 0 Å². The van der Waals surface area contributed by atoms with Crippen LogP contribution in [0.5, 0.6) is 0 Å². The second-order valence-electron chi connectivity index (χ2n) is 2.41. The van der Waals surface area contributed by atoms with Gasteiger partial charge in [-0.25, -0.2) is 0 Å². The van der Waals surface area contributed by atoms with Gasteiger partial charge in [0.15, 0.2) is 0 Å². The van der Waals surface area contributed by atoms with Gasteiger partial charge < -0.3 is 5.32 Å². The van der Waals surface area contributed by atoms with Crippen molar-refractivity contribution in [3.05, 3.63) is 13.2 Å². The summed E-state index contributed by atoms with van der Waals surface area (Å²) in [6, 6.07) is 0. The van der Waals surface area contributed by atoms with Crippen molar-refractivity contribution in [2.24, 2.45) is 5.92 Å². The summed E-state index contributed by atoms with van der Waals surface area (Å²) in [5.41, 5.74) is 0. The van der Waals surface area contributed by atoms with E-state index in [0.29, 0.717) is 0 Å². The van der Waals surface area contributed by atoms with Gasteiger partial charge in [0.1, 0.15) is 0 Å². The van der Waals surface area contributed by atoms with Gasteiger partial charge in [0.2, 0.25) is 0 Å². The van der Waals surface area contributed by atoms with E-state index >= 15 is 0 Å². The Morgan fingerprint density at radius 1 is 1.40 bits per heavy atom. The van der Waals surface area contributed by atoms with Crippen LogP contribution >= 0.6 is 0 Å². The monoisotopic (exact) mass is 143 g/mol. The molecule has 0 spiro atoms. The van der Waals surface area contributed by atoms with E-state index in [4.69, 9.17) is 0 Å².